The molecule has 0 aliphatic heterocycles. The fraction of sp³-hybridized carbons (Fsp3) is 0.200. The van der Waals surface area contributed by atoms with Crippen molar-refractivity contribution in [2.75, 3.05) is 20.3 Å². The Morgan fingerprint density at radius 3 is 2.48 bits per heavy atom. The molecule has 5 heteroatoms. The summed E-state index contributed by atoms with van der Waals surface area (Å²) in [4.78, 5) is 22.6. The molecule has 0 unspecified atom stereocenters. The predicted molar refractivity (Wildman–Crippen MR) is 96.3 cm³/mol. The molecule has 0 amide bonds. The molecule has 0 aromatic heterocycles. The lowest BCUT2D eigenvalue weighted by Crippen LogP contribution is -2.12. The molecule has 0 aliphatic rings. The summed E-state index contributed by atoms with van der Waals surface area (Å²) < 4.78 is 15.4. The van der Waals surface area contributed by atoms with Crippen LogP contribution in [0.3, 0.4) is 0 Å². The van der Waals surface area contributed by atoms with Crippen LogP contribution in [-0.4, -0.2) is 32.3 Å². The largest absolute Gasteiger partial charge is 0.489 e. The minimum atomic E-state index is -0.434. The first-order valence-corrected chi connectivity index (χ1v) is 7.76. The van der Waals surface area contributed by atoms with Crippen molar-refractivity contribution in [2.45, 2.75) is 6.92 Å². The van der Waals surface area contributed by atoms with E-state index in [0.29, 0.717) is 11.3 Å². The molecule has 5 nitrogen and oxygen atoms in total. The summed E-state index contributed by atoms with van der Waals surface area (Å²) in [7, 11) is 1.34. The summed E-state index contributed by atoms with van der Waals surface area (Å²) >= 11 is 0. The first kappa shape index (κ1) is 18.3. The highest BCUT2D eigenvalue weighted by Crippen LogP contribution is 2.29. The molecule has 0 bridgehead atoms. The number of benzene rings is 2. The number of rotatable bonds is 7. The Morgan fingerprint density at radius 2 is 1.80 bits per heavy atom. The van der Waals surface area contributed by atoms with Gasteiger partial charge >= 0.3 is 11.9 Å². The third-order valence-electron chi connectivity index (χ3n) is 3.44. The Hall–Kier alpha value is -3.08. The van der Waals surface area contributed by atoms with Crippen LogP contribution in [0.4, 0.5) is 0 Å². The number of esters is 2. The molecular weight excluding hydrogens is 320 g/mol. The van der Waals surface area contributed by atoms with Crippen LogP contribution in [0.25, 0.3) is 16.8 Å². The molecule has 25 heavy (non-hydrogen) atoms. The number of carbonyl (C=O) groups is 2. The fourth-order valence-electron chi connectivity index (χ4n) is 2.20. The van der Waals surface area contributed by atoms with E-state index in [4.69, 9.17) is 9.47 Å². The van der Waals surface area contributed by atoms with E-state index in [2.05, 4.69) is 11.3 Å². The van der Waals surface area contributed by atoms with Gasteiger partial charge in [-0.2, -0.15) is 0 Å². The minimum absolute atomic E-state index is 0.143. The average molecular weight is 340 g/mol. The van der Waals surface area contributed by atoms with E-state index in [1.165, 1.54) is 13.2 Å². The maximum absolute atomic E-state index is 11.3. The van der Waals surface area contributed by atoms with E-state index in [1.54, 1.807) is 13.0 Å². The maximum atomic E-state index is 11.3. The third kappa shape index (κ3) is 4.94. The lowest BCUT2D eigenvalue weighted by atomic mass is 10.0. The van der Waals surface area contributed by atoms with Crippen LogP contribution in [0.15, 0.2) is 54.6 Å². The van der Waals surface area contributed by atoms with Crippen molar-refractivity contribution in [1.82, 2.24) is 0 Å². The summed E-state index contributed by atoms with van der Waals surface area (Å²) in [6.45, 7) is 5.50. The summed E-state index contributed by atoms with van der Waals surface area (Å²) in [6, 6.07) is 11.4. The van der Waals surface area contributed by atoms with Crippen molar-refractivity contribution in [3.05, 3.63) is 60.2 Å². The van der Waals surface area contributed by atoms with Crippen LogP contribution >= 0.6 is 0 Å². The fourth-order valence-corrected chi connectivity index (χ4v) is 2.20. The quantitative estimate of drug-likeness (QED) is 0.438. The van der Waals surface area contributed by atoms with E-state index < -0.39 is 11.9 Å². The second-order valence-corrected chi connectivity index (χ2v) is 5.32. The van der Waals surface area contributed by atoms with Gasteiger partial charge < -0.3 is 14.2 Å². The first-order chi connectivity index (χ1) is 12.0. The molecule has 0 saturated carbocycles. The van der Waals surface area contributed by atoms with Crippen molar-refractivity contribution in [2.24, 2.45) is 0 Å². The van der Waals surface area contributed by atoms with Crippen molar-refractivity contribution >= 4 is 28.8 Å². The number of hydrogen-bond acceptors (Lipinski definition) is 5. The molecule has 2 aromatic carbocycles. The van der Waals surface area contributed by atoms with Gasteiger partial charge in [0, 0.05) is 17.0 Å². The van der Waals surface area contributed by atoms with Gasteiger partial charge in [0.1, 0.15) is 19.0 Å². The third-order valence-corrected chi connectivity index (χ3v) is 3.44. The lowest BCUT2D eigenvalue weighted by molar-refractivity contribution is -0.139. The Kier molecular flexibility index (Phi) is 6.34. The standard InChI is InChI=1S/C20H20O5/c1-14(2)20(22)25-13-12-24-18-10-8-15(9-11-19(21)23-3)16-6-4-5-7-17(16)18/h4-11H,1,12-13H2,2-3H3/b11-9+. The minimum Gasteiger partial charge on any atom is -0.489 e. The van der Waals surface area contributed by atoms with Gasteiger partial charge in [-0.1, -0.05) is 36.9 Å². The molecule has 0 atom stereocenters. The molecule has 0 aliphatic carbocycles. The molecular formula is C20H20O5. The number of fused-ring (bicyclic) bond motifs is 1. The van der Waals surface area contributed by atoms with Crippen LogP contribution < -0.4 is 4.74 Å². The van der Waals surface area contributed by atoms with Crippen LogP contribution in [-0.2, 0) is 19.1 Å². The zero-order chi connectivity index (χ0) is 18.2. The van der Waals surface area contributed by atoms with Crippen LogP contribution in [0.2, 0.25) is 0 Å². The van der Waals surface area contributed by atoms with Gasteiger partial charge in [0.25, 0.3) is 0 Å². The molecule has 0 radical (unpaired) electrons. The molecule has 0 N–H and O–H groups in total. The van der Waals surface area contributed by atoms with Crippen LogP contribution in [0, 0.1) is 0 Å². The SMILES string of the molecule is C=C(C)C(=O)OCCOc1ccc(/C=C/C(=O)OC)c2ccccc12. The van der Waals surface area contributed by atoms with Gasteiger partial charge in [-0.3, -0.25) is 0 Å². The van der Waals surface area contributed by atoms with E-state index >= 15 is 0 Å². The maximum Gasteiger partial charge on any atom is 0.333 e. The van der Waals surface area contributed by atoms with Gasteiger partial charge in [0.15, 0.2) is 0 Å². The van der Waals surface area contributed by atoms with Gasteiger partial charge in [-0.05, 0) is 30.0 Å². The van der Waals surface area contributed by atoms with E-state index in [-0.39, 0.29) is 13.2 Å². The van der Waals surface area contributed by atoms with Crippen LogP contribution in [0.1, 0.15) is 12.5 Å². The van der Waals surface area contributed by atoms with E-state index in [1.807, 2.05) is 36.4 Å². The highest BCUT2D eigenvalue weighted by atomic mass is 16.6. The van der Waals surface area contributed by atoms with Crippen molar-refractivity contribution < 1.29 is 23.8 Å². The molecule has 0 fully saturated rings. The van der Waals surface area contributed by atoms with Gasteiger partial charge in [0.05, 0.1) is 7.11 Å². The van der Waals surface area contributed by atoms with Crippen LogP contribution in [0.5, 0.6) is 5.75 Å². The summed E-state index contributed by atoms with van der Waals surface area (Å²) in [5.41, 5.74) is 1.23. The van der Waals surface area contributed by atoms with Crippen molar-refractivity contribution in [3.63, 3.8) is 0 Å². The number of hydrogen-bond donors (Lipinski definition) is 0. The van der Waals surface area contributed by atoms with E-state index in [0.717, 1.165) is 16.3 Å². The summed E-state index contributed by atoms with van der Waals surface area (Å²) in [5, 5.41) is 1.85. The molecule has 2 rings (SSSR count). The van der Waals surface area contributed by atoms with Gasteiger partial charge in [-0.25, -0.2) is 9.59 Å². The molecule has 0 saturated heterocycles. The molecule has 130 valence electrons. The van der Waals surface area contributed by atoms with Gasteiger partial charge in [0.2, 0.25) is 0 Å². The summed E-state index contributed by atoms with van der Waals surface area (Å²) in [5.74, 6) is -0.169. The van der Waals surface area contributed by atoms with Gasteiger partial charge in [-0.15, -0.1) is 0 Å². The van der Waals surface area contributed by atoms with Crippen molar-refractivity contribution in [1.29, 1.82) is 0 Å². The first-order valence-electron chi connectivity index (χ1n) is 7.76. The zero-order valence-corrected chi connectivity index (χ0v) is 14.3. The number of ether oxygens (including phenoxy) is 3. The number of carbonyl (C=O) groups excluding carboxylic acids is 2. The normalized spacial score (nSPS) is 10.6. The second kappa shape index (κ2) is 8.68. The Morgan fingerprint density at radius 1 is 1.08 bits per heavy atom. The Bertz CT molecular complexity index is 820. The monoisotopic (exact) mass is 340 g/mol. The predicted octanol–water partition coefficient (Wildman–Crippen LogP) is 3.52. The lowest BCUT2D eigenvalue weighted by Gasteiger charge is -2.11. The molecule has 0 spiro atoms. The molecule has 2 aromatic rings. The topological polar surface area (TPSA) is 61.8 Å². The summed E-state index contributed by atoms with van der Waals surface area (Å²) in [6.07, 6.45) is 3.08. The Labute approximate surface area is 146 Å². The van der Waals surface area contributed by atoms with E-state index in [9.17, 15) is 9.59 Å². The van der Waals surface area contributed by atoms with Crippen molar-refractivity contribution in [3.8, 4) is 5.75 Å². The smallest absolute Gasteiger partial charge is 0.333 e. The highest BCUT2D eigenvalue weighted by Gasteiger charge is 2.07. The Balaban J connectivity index is 2.14. The second-order valence-electron chi connectivity index (χ2n) is 5.32. The number of methoxy groups -OCH3 is 1. The zero-order valence-electron chi connectivity index (χ0n) is 14.3. The highest BCUT2D eigenvalue weighted by molar-refractivity contribution is 5.97. The molecule has 0 heterocycles. The average Bonchev–Trinajstić information content (AvgIpc) is 2.63.